The molecule has 1 heterocycles. The summed E-state index contributed by atoms with van der Waals surface area (Å²) in [5.74, 6) is -3.49. The van der Waals surface area contributed by atoms with Crippen LogP contribution in [0.15, 0.2) is 23.4 Å². The van der Waals surface area contributed by atoms with E-state index in [9.17, 15) is 17.2 Å². The molecule has 1 aromatic heterocycles. The molecule has 0 aliphatic rings. The number of nitrogens with two attached hydrogens (primary N) is 1. The number of aromatic nitrogens is 2. The third-order valence-corrected chi connectivity index (χ3v) is 3.19. The molecular weight excluding hydrogens is 240 g/mol. The Kier molecular flexibility index (Phi) is 2.30. The maximum Gasteiger partial charge on any atom is 0.344 e. The van der Waals surface area contributed by atoms with Gasteiger partial charge in [0.05, 0.1) is 11.0 Å². The van der Waals surface area contributed by atoms with Crippen molar-refractivity contribution in [3.8, 4) is 0 Å². The molecule has 0 amide bonds. The van der Waals surface area contributed by atoms with Gasteiger partial charge in [0.25, 0.3) is 9.84 Å². The molecule has 0 atom stereocenters. The smallest absolute Gasteiger partial charge is 0.344 e. The first-order valence-electron chi connectivity index (χ1n) is 4.18. The number of aromatic amines is 1. The van der Waals surface area contributed by atoms with Gasteiger partial charge in [0.2, 0.25) is 5.16 Å². The Morgan fingerprint density at radius 3 is 2.69 bits per heavy atom. The second kappa shape index (κ2) is 3.41. The Balaban J connectivity index is 2.65. The lowest BCUT2D eigenvalue weighted by Gasteiger charge is -1.96. The second-order valence-electron chi connectivity index (χ2n) is 3.12. The van der Waals surface area contributed by atoms with Crippen molar-refractivity contribution in [1.82, 2.24) is 9.97 Å². The van der Waals surface area contributed by atoms with Gasteiger partial charge in [-0.1, -0.05) is 0 Å². The van der Waals surface area contributed by atoms with E-state index < -0.39 is 20.8 Å². The lowest BCUT2D eigenvalue weighted by Crippen LogP contribution is -2.12. The highest BCUT2D eigenvalue weighted by Gasteiger charge is 2.29. The first-order valence-corrected chi connectivity index (χ1v) is 5.73. The summed E-state index contributed by atoms with van der Waals surface area (Å²) in [7, 11) is -4.69. The molecule has 2 rings (SSSR count). The number of alkyl halides is 2. The zero-order valence-electron chi connectivity index (χ0n) is 7.81. The summed E-state index contributed by atoms with van der Waals surface area (Å²) in [6.07, 6.45) is 0. The molecule has 0 bridgehead atoms. The number of hydrogen-bond donors (Lipinski definition) is 2. The van der Waals surface area contributed by atoms with Gasteiger partial charge < -0.3 is 10.7 Å². The predicted molar refractivity (Wildman–Crippen MR) is 53.7 cm³/mol. The van der Waals surface area contributed by atoms with Gasteiger partial charge in [-0.05, 0) is 18.2 Å². The van der Waals surface area contributed by atoms with Crippen LogP contribution in [0.4, 0.5) is 14.5 Å². The van der Waals surface area contributed by atoms with Gasteiger partial charge in [0.1, 0.15) is 0 Å². The fraction of sp³-hybridized carbons (Fsp3) is 0.125. The molecular formula is C8H7F2N3O2S. The number of benzene rings is 1. The van der Waals surface area contributed by atoms with Gasteiger partial charge in [-0.15, -0.1) is 0 Å². The number of anilines is 1. The Labute approximate surface area is 89.2 Å². The largest absolute Gasteiger partial charge is 0.399 e. The van der Waals surface area contributed by atoms with Crippen LogP contribution in [0.3, 0.4) is 0 Å². The minimum atomic E-state index is -4.69. The predicted octanol–water partition coefficient (Wildman–Crippen LogP) is 1.14. The van der Waals surface area contributed by atoms with Gasteiger partial charge in [0, 0.05) is 5.69 Å². The van der Waals surface area contributed by atoms with E-state index in [4.69, 9.17) is 5.73 Å². The second-order valence-corrected chi connectivity index (χ2v) is 4.96. The zero-order valence-corrected chi connectivity index (χ0v) is 8.63. The van der Waals surface area contributed by atoms with Crippen LogP contribution >= 0.6 is 0 Å². The summed E-state index contributed by atoms with van der Waals surface area (Å²) in [5.41, 5.74) is 6.42. The third-order valence-electron chi connectivity index (χ3n) is 1.99. The van der Waals surface area contributed by atoms with Crippen molar-refractivity contribution in [2.24, 2.45) is 0 Å². The van der Waals surface area contributed by atoms with Gasteiger partial charge in [-0.2, -0.15) is 8.78 Å². The highest BCUT2D eigenvalue weighted by molar-refractivity contribution is 7.91. The maximum atomic E-state index is 12.2. The molecule has 0 spiro atoms. The van der Waals surface area contributed by atoms with Gasteiger partial charge in [-0.3, -0.25) is 0 Å². The third kappa shape index (κ3) is 1.60. The van der Waals surface area contributed by atoms with Gasteiger partial charge >= 0.3 is 5.76 Å². The van der Waals surface area contributed by atoms with Crippen molar-refractivity contribution in [2.45, 2.75) is 10.9 Å². The van der Waals surface area contributed by atoms with Gasteiger partial charge in [0.15, 0.2) is 0 Å². The van der Waals surface area contributed by atoms with Crippen molar-refractivity contribution < 1.29 is 17.2 Å². The van der Waals surface area contributed by atoms with Crippen LogP contribution in [-0.4, -0.2) is 24.1 Å². The summed E-state index contributed by atoms with van der Waals surface area (Å²) < 4.78 is 46.7. The first-order chi connectivity index (χ1) is 7.41. The summed E-state index contributed by atoms with van der Waals surface area (Å²) >= 11 is 0. The average molecular weight is 247 g/mol. The highest BCUT2D eigenvalue weighted by Crippen LogP contribution is 2.20. The van der Waals surface area contributed by atoms with E-state index in [0.717, 1.165) is 0 Å². The number of H-pyrrole nitrogens is 1. The molecule has 0 saturated carbocycles. The molecule has 1 aromatic carbocycles. The van der Waals surface area contributed by atoms with Crippen molar-refractivity contribution in [2.75, 3.05) is 5.73 Å². The first kappa shape index (κ1) is 10.8. The van der Waals surface area contributed by atoms with Crippen LogP contribution in [0, 0.1) is 0 Å². The number of fused-ring (bicyclic) bond motifs is 1. The van der Waals surface area contributed by atoms with Crippen molar-refractivity contribution in [3.63, 3.8) is 0 Å². The monoisotopic (exact) mass is 247 g/mol. The number of halogens is 2. The fourth-order valence-corrected chi connectivity index (χ4v) is 1.87. The maximum absolute atomic E-state index is 12.2. The lowest BCUT2D eigenvalue weighted by atomic mass is 10.3. The molecule has 0 aliphatic carbocycles. The van der Waals surface area contributed by atoms with Crippen molar-refractivity contribution in [1.29, 1.82) is 0 Å². The number of imidazole rings is 1. The summed E-state index contributed by atoms with van der Waals surface area (Å²) in [6.45, 7) is 0. The average Bonchev–Trinajstić information content (AvgIpc) is 2.60. The van der Waals surface area contributed by atoms with Crippen LogP contribution in [0.1, 0.15) is 0 Å². The molecule has 2 aromatic rings. The molecule has 0 aliphatic heterocycles. The standard InChI is InChI=1S/C8H7F2N3O2S/c9-7(10)16(14,15)8-12-5-2-1-4(11)3-6(5)13-8/h1-3,7H,11H2,(H,12,13). The number of nitrogens with one attached hydrogen (secondary N) is 1. The Bertz CT molecular complexity index is 636. The molecule has 0 radical (unpaired) electrons. The van der Waals surface area contributed by atoms with E-state index in [1.165, 1.54) is 18.2 Å². The van der Waals surface area contributed by atoms with Gasteiger partial charge in [-0.25, -0.2) is 13.4 Å². The van der Waals surface area contributed by atoms with E-state index in [1.54, 1.807) is 0 Å². The van der Waals surface area contributed by atoms with E-state index in [-0.39, 0.29) is 5.52 Å². The van der Waals surface area contributed by atoms with Crippen LogP contribution in [0.5, 0.6) is 0 Å². The normalized spacial score (nSPS) is 12.4. The summed E-state index contributed by atoms with van der Waals surface area (Å²) in [6, 6.07) is 4.38. The lowest BCUT2D eigenvalue weighted by molar-refractivity contribution is 0.234. The number of rotatable bonds is 2. The van der Waals surface area contributed by atoms with E-state index in [0.29, 0.717) is 11.2 Å². The van der Waals surface area contributed by atoms with E-state index in [2.05, 4.69) is 9.97 Å². The van der Waals surface area contributed by atoms with E-state index in [1.807, 2.05) is 0 Å². The summed E-state index contributed by atoms with van der Waals surface area (Å²) in [4.78, 5) is 5.87. The van der Waals surface area contributed by atoms with Crippen molar-refractivity contribution in [3.05, 3.63) is 18.2 Å². The molecule has 8 heteroatoms. The number of sulfone groups is 1. The molecule has 3 N–H and O–H groups in total. The molecule has 0 unspecified atom stereocenters. The van der Waals surface area contributed by atoms with Crippen LogP contribution < -0.4 is 5.73 Å². The summed E-state index contributed by atoms with van der Waals surface area (Å²) in [5, 5.41) is -0.747. The van der Waals surface area contributed by atoms with Crippen LogP contribution in [-0.2, 0) is 9.84 Å². The Morgan fingerprint density at radius 2 is 2.06 bits per heavy atom. The number of nitrogen functional groups attached to an aromatic ring is 1. The number of nitrogens with zero attached hydrogens (tertiary/aromatic N) is 1. The highest BCUT2D eigenvalue weighted by atomic mass is 32.2. The Hall–Kier alpha value is -1.70. The SMILES string of the molecule is Nc1ccc2nc(S(=O)(=O)C(F)F)[nH]c2c1. The Morgan fingerprint density at radius 1 is 1.38 bits per heavy atom. The minimum Gasteiger partial charge on any atom is -0.399 e. The molecule has 86 valence electrons. The fourth-order valence-electron chi connectivity index (χ4n) is 1.22. The molecule has 0 saturated heterocycles. The van der Waals surface area contributed by atoms with E-state index >= 15 is 0 Å². The van der Waals surface area contributed by atoms with Crippen LogP contribution in [0.25, 0.3) is 11.0 Å². The number of hydrogen-bond acceptors (Lipinski definition) is 4. The molecule has 16 heavy (non-hydrogen) atoms. The molecule has 0 fully saturated rings. The van der Waals surface area contributed by atoms with Crippen LogP contribution in [0.2, 0.25) is 0 Å². The minimum absolute atomic E-state index is 0.272. The molecule has 5 nitrogen and oxygen atoms in total. The quantitative estimate of drug-likeness (QED) is 0.779. The van der Waals surface area contributed by atoms with Crippen molar-refractivity contribution >= 4 is 26.6 Å². The topological polar surface area (TPSA) is 88.8 Å². The zero-order chi connectivity index (χ0) is 11.9.